The zero-order valence-corrected chi connectivity index (χ0v) is 15.4. The van der Waals surface area contributed by atoms with Gasteiger partial charge in [0.2, 0.25) is 11.7 Å². The minimum absolute atomic E-state index is 0.00283. The van der Waals surface area contributed by atoms with Crippen molar-refractivity contribution in [1.29, 1.82) is 0 Å². The molecule has 0 aliphatic carbocycles. The van der Waals surface area contributed by atoms with Crippen LogP contribution in [0, 0.1) is 0 Å². The van der Waals surface area contributed by atoms with Crippen molar-refractivity contribution in [3.05, 3.63) is 36.2 Å². The Hall–Kier alpha value is -2.25. The number of rotatable bonds is 7. The van der Waals surface area contributed by atoms with Gasteiger partial charge in [0, 0.05) is 30.7 Å². The van der Waals surface area contributed by atoms with Crippen molar-refractivity contribution in [3.63, 3.8) is 0 Å². The minimum atomic E-state index is 0.00283. The van der Waals surface area contributed by atoms with Gasteiger partial charge in [-0.3, -0.25) is 4.79 Å². The second kappa shape index (κ2) is 8.91. The standard InChI is InChI=1S/C19H26N4O3/c1-14(2)20-16-9-6-10-23(11-16)18(24)13-25-12-17-21-19(22-26-17)15-7-4-3-5-8-15/h3-5,7-8,14,16,20H,6,9-13H2,1-2H3. The van der Waals surface area contributed by atoms with Gasteiger partial charge >= 0.3 is 0 Å². The minimum Gasteiger partial charge on any atom is -0.362 e. The molecule has 1 unspecified atom stereocenters. The summed E-state index contributed by atoms with van der Waals surface area (Å²) in [7, 11) is 0. The lowest BCUT2D eigenvalue weighted by Gasteiger charge is -2.34. The van der Waals surface area contributed by atoms with Gasteiger partial charge in [0.15, 0.2) is 0 Å². The number of amides is 1. The molecule has 1 amide bonds. The number of benzene rings is 1. The van der Waals surface area contributed by atoms with Crippen molar-refractivity contribution >= 4 is 5.91 Å². The Morgan fingerprint density at radius 3 is 2.96 bits per heavy atom. The van der Waals surface area contributed by atoms with Gasteiger partial charge in [0.1, 0.15) is 13.2 Å². The van der Waals surface area contributed by atoms with E-state index in [1.807, 2.05) is 35.2 Å². The van der Waals surface area contributed by atoms with E-state index in [2.05, 4.69) is 29.3 Å². The molecule has 140 valence electrons. The Bertz CT molecular complexity index is 702. The molecule has 7 heteroatoms. The molecule has 26 heavy (non-hydrogen) atoms. The van der Waals surface area contributed by atoms with Crippen LogP contribution in [0.25, 0.3) is 11.4 Å². The number of carbonyl (C=O) groups is 1. The number of aromatic nitrogens is 2. The summed E-state index contributed by atoms with van der Waals surface area (Å²) < 4.78 is 10.7. The van der Waals surface area contributed by atoms with Crippen molar-refractivity contribution in [2.45, 2.75) is 45.4 Å². The van der Waals surface area contributed by atoms with Crippen LogP contribution in [0.2, 0.25) is 0 Å². The van der Waals surface area contributed by atoms with Crippen LogP contribution in [0.4, 0.5) is 0 Å². The van der Waals surface area contributed by atoms with Crippen LogP contribution in [0.3, 0.4) is 0 Å². The van der Waals surface area contributed by atoms with Crippen LogP contribution in [-0.2, 0) is 16.1 Å². The first kappa shape index (κ1) is 18.5. The molecule has 1 aliphatic heterocycles. The summed E-state index contributed by atoms with van der Waals surface area (Å²) in [6.45, 7) is 5.93. The smallest absolute Gasteiger partial charge is 0.252 e. The lowest BCUT2D eigenvalue weighted by Crippen LogP contribution is -2.50. The monoisotopic (exact) mass is 358 g/mol. The quantitative estimate of drug-likeness (QED) is 0.818. The van der Waals surface area contributed by atoms with E-state index in [4.69, 9.17) is 9.26 Å². The average molecular weight is 358 g/mol. The highest BCUT2D eigenvalue weighted by Crippen LogP contribution is 2.15. The Balaban J connectivity index is 1.44. The highest BCUT2D eigenvalue weighted by molar-refractivity contribution is 5.77. The molecule has 2 aromatic rings. The number of ether oxygens (including phenoxy) is 1. The largest absolute Gasteiger partial charge is 0.362 e. The topological polar surface area (TPSA) is 80.5 Å². The van der Waals surface area contributed by atoms with Gasteiger partial charge in [0.05, 0.1) is 0 Å². The van der Waals surface area contributed by atoms with E-state index in [1.54, 1.807) is 0 Å². The molecule has 2 heterocycles. The molecular formula is C19H26N4O3. The third-order valence-corrected chi connectivity index (χ3v) is 4.29. The molecule has 0 radical (unpaired) electrons. The van der Waals surface area contributed by atoms with Gasteiger partial charge in [-0.2, -0.15) is 4.98 Å². The molecule has 1 saturated heterocycles. The van der Waals surface area contributed by atoms with Gasteiger partial charge in [-0.05, 0) is 12.8 Å². The second-order valence-electron chi connectivity index (χ2n) is 6.87. The maximum absolute atomic E-state index is 12.4. The predicted octanol–water partition coefficient (Wildman–Crippen LogP) is 2.24. The van der Waals surface area contributed by atoms with Crippen molar-refractivity contribution in [3.8, 4) is 11.4 Å². The molecule has 1 atom stereocenters. The highest BCUT2D eigenvalue weighted by Gasteiger charge is 2.24. The molecule has 1 N–H and O–H groups in total. The number of likely N-dealkylation sites (tertiary alicyclic amines) is 1. The molecular weight excluding hydrogens is 332 g/mol. The lowest BCUT2D eigenvalue weighted by atomic mass is 10.0. The van der Waals surface area contributed by atoms with Crippen molar-refractivity contribution in [2.75, 3.05) is 19.7 Å². The molecule has 0 bridgehead atoms. The lowest BCUT2D eigenvalue weighted by molar-refractivity contribution is -0.138. The van der Waals surface area contributed by atoms with Crippen LogP contribution < -0.4 is 5.32 Å². The van der Waals surface area contributed by atoms with Crippen molar-refractivity contribution < 1.29 is 14.1 Å². The summed E-state index contributed by atoms with van der Waals surface area (Å²) in [5, 5.41) is 7.44. The first-order valence-corrected chi connectivity index (χ1v) is 9.11. The summed E-state index contributed by atoms with van der Waals surface area (Å²) in [6, 6.07) is 10.4. The van der Waals surface area contributed by atoms with Gasteiger partial charge in [0.25, 0.3) is 5.89 Å². The summed E-state index contributed by atoms with van der Waals surface area (Å²) in [4.78, 5) is 18.5. The third kappa shape index (κ3) is 5.12. The van der Waals surface area contributed by atoms with E-state index in [-0.39, 0.29) is 19.1 Å². The van der Waals surface area contributed by atoms with Crippen LogP contribution in [0.1, 0.15) is 32.6 Å². The van der Waals surface area contributed by atoms with Crippen LogP contribution in [-0.4, -0.2) is 52.7 Å². The molecule has 0 saturated carbocycles. The Morgan fingerprint density at radius 1 is 1.38 bits per heavy atom. The maximum Gasteiger partial charge on any atom is 0.252 e. The molecule has 0 spiro atoms. The fourth-order valence-electron chi connectivity index (χ4n) is 3.15. The summed E-state index contributed by atoms with van der Waals surface area (Å²) in [5.41, 5.74) is 0.885. The van der Waals surface area contributed by atoms with Gasteiger partial charge < -0.3 is 19.5 Å². The average Bonchev–Trinajstić information content (AvgIpc) is 3.11. The first-order valence-electron chi connectivity index (χ1n) is 9.11. The number of piperidine rings is 1. The molecule has 1 aromatic heterocycles. The van der Waals surface area contributed by atoms with E-state index in [9.17, 15) is 4.79 Å². The van der Waals surface area contributed by atoms with Crippen molar-refractivity contribution in [2.24, 2.45) is 0 Å². The van der Waals surface area contributed by atoms with Crippen molar-refractivity contribution in [1.82, 2.24) is 20.4 Å². The first-order chi connectivity index (χ1) is 12.6. The van der Waals surface area contributed by atoms with E-state index >= 15 is 0 Å². The molecule has 1 aliphatic rings. The SMILES string of the molecule is CC(C)NC1CCCN(C(=O)COCc2nc(-c3ccccc3)no2)C1. The summed E-state index contributed by atoms with van der Waals surface area (Å²) in [6.07, 6.45) is 2.12. The number of hydrogen-bond acceptors (Lipinski definition) is 6. The highest BCUT2D eigenvalue weighted by atomic mass is 16.5. The fraction of sp³-hybridized carbons (Fsp3) is 0.526. The number of nitrogens with zero attached hydrogens (tertiary/aromatic N) is 3. The van der Waals surface area contributed by atoms with E-state index in [0.717, 1.165) is 31.5 Å². The normalized spacial score (nSPS) is 17.7. The number of nitrogens with one attached hydrogen (secondary N) is 1. The third-order valence-electron chi connectivity index (χ3n) is 4.29. The number of carbonyl (C=O) groups excluding carboxylic acids is 1. The molecule has 3 rings (SSSR count). The Kier molecular flexibility index (Phi) is 6.35. The van der Waals surface area contributed by atoms with Gasteiger partial charge in [-0.25, -0.2) is 0 Å². The molecule has 7 nitrogen and oxygen atoms in total. The van der Waals surface area contributed by atoms with Gasteiger partial charge in [-0.15, -0.1) is 0 Å². The van der Waals surface area contributed by atoms with Crippen LogP contribution >= 0.6 is 0 Å². The molecule has 1 fully saturated rings. The Morgan fingerprint density at radius 2 is 2.19 bits per heavy atom. The summed E-state index contributed by atoms with van der Waals surface area (Å²) in [5.74, 6) is 0.895. The maximum atomic E-state index is 12.4. The number of hydrogen-bond donors (Lipinski definition) is 1. The van der Waals surface area contributed by atoms with E-state index < -0.39 is 0 Å². The van der Waals surface area contributed by atoms with Gasteiger partial charge in [-0.1, -0.05) is 49.3 Å². The Labute approximate surface area is 153 Å². The predicted molar refractivity (Wildman–Crippen MR) is 97.3 cm³/mol. The fourth-order valence-corrected chi connectivity index (χ4v) is 3.15. The van der Waals surface area contributed by atoms with E-state index in [1.165, 1.54) is 0 Å². The van der Waals surface area contributed by atoms with E-state index in [0.29, 0.717) is 23.8 Å². The zero-order valence-electron chi connectivity index (χ0n) is 15.4. The summed E-state index contributed by atoms with van der Waals surface area (Å²) >= 11 is 0. The zero-order chi connectivity index (χ0) is 18.4. The van der Waals surface area contributed by atoms with Crippen LogP contribution in [0.15, 0.2) is 34.9 Å². The van der Waals surface area contributed by atoms with Crippen LogP contribution in [0.5, 0.6) is 0 Å². The second-order valence-corrected chi connectivity index (χ2v) is 6.87. The molecule has 1 aromatic carbocycles.